The summed E-state index contributed by atoms with van der Waals surface area (Å²) in [5.41, 5.74) is 11.7. The van der Waals surface area contributed by atoms with E-state index in [-0.39, 0.29) is 36.8 Å². The van der Waals surface area contributed by atoms with E-state index in [2.05, 4.69) is 10.3 Å². The molecule has 29 heavy (non-hydrogen) atoms. The molecule has 3 aromatic rings. The predicted octanol–water partition coefficient (Wildman–Crippen LogP) is 4.72. The Bertz CT molecular complexity index is 1000. The highest BCUT2D eigenvalue weighted by atomic mass is 35.5. The van der Waals surface area contributed by atoms with Crippen molar-refractivity contribution in [3.8, 4) is 5.82 Å². The topological polar surface area (TPSA) is 72.9 Å². The molecule has 1 aliphatic rings. The van der Waals surface area contributed by atoms with Gasteiger partial charge in [-0.2, -0.15) is 0 Å². The zero-order chi connectivity index (χ0) is 19.0. The van der Waals surface area contributed by atoms with Gasteiger partial charge < -0.3 is 15.6 Å². The van der Waals surface area contributed by atoms with Crippen molar-refractivity contribution in [2.45, 2.75) is 39.2 Å². The number of hydrogen-bond acceptors (Lipinski definition) is 3. The van der Waals surface area contributed by atoms with E-state index < -0.39 is 0 Å². The van der Waals surface area contributed by atoms with E-state index in [0.717, 1.165) is 42.2 Å². The maximum absolute atomic E-state index is 13.0. The Morgan fingerprint density at radius 1 is 1.17 bits per heavy atom. The van der Waals surface area contributed by atoms with Crippen molar-refractivity contribution in [3.05, 3.63) is 76.7 Å². The van der Waals surface area contributed by atoms with Gasteiger partial charge >= 0.3 is 0 Å². The van der Waals surface area contributed by atoms with Crippen molar-refractivity contribution < 1.29 is 4.79 Å². The average Bonchev–Trinajstić information content (AvgIpc) is 2.96. The number of halogens is 2. The van der Waals surface area contributed by atoms with Gasteiger partial charge in [-0.15, -0.1) is 24.8 Å². The van der Waals surface area contributed by atoms with Gasteiger partial charge in [0.05, 0.1) is 11.6 Å². The number of nitrogens with two attached hydrogens (primary N) is 1. The smallest absolute Gasteiger partial charge is 0.253 e. The summed E-state index contributed by atoms with van der Waals surface area (Å²) in [6.45, 7) is 3.96. The van der Waals surface area contributed by atoms with E-state index in [1.807, 2.05) is 60.9 Å². The Morgan fingerprint density at radius 3 is 2.69 bits per heavy atom. The number of fused-ring (bicyclic) bond motifs is 1. The van der Waals surface area contributed by atoms with E-state index in [4.69, 9.17) is 5.73 Å². The van der Waals surface area contributed by atoms with Gasteiger partial charge in [0.15, 0.2) is 0 Å². The molecule has 7 heteroatoms. The van der Waals surface area contributed by atoms with E-state index in [0.29, 0.717) is 5.56 Å². The fourth-order valence-electron chi connectivity index (χ4n) is 4.05. The Hall–Kier alpha value is -2.50. The molecule has 1 amide bonds. The van der Waals surface area contributed by atoms with Gasteiger partial charge in [-0.3, -0.25) is 4.79 Å². The molecule has 0 radical (unpaired) electrons. The minimum Gasteiger partial charge on any atom is -0.399 e. The van der Waals surface area contributed by atoms with Crippen LogP contribution in [0.2, 0.25) is 0 Å². The lowest BCUT2D eigenvalue weighted by Crippen LogP contribution is -2.31. The van der Waals surface area contributed by atoms with Crippen LogP contribution >= 0.6 is 24.8 Å². The fourth-order valence-corrected chi connectivity index (χ4v) is 4.05. The molecular weight excluding hydrogens is 407 g/mol. The number of carbonyl (C=O) groups is 1. The molecule has 5 nitrogen and oxygen atoms in total. The number of aromatic nitrogens is 2. The Morgan fingerprint density at radius 2 is 1.97 bits per heavy atom. The molecule has 154 valence electrons. The Kier molecular flexibility index (Phi) is 7.33. The standard InChI is InChI=1S/C22H24N4O.2ClH/c1-14-12-19(15(2)26(14)21-8-3-4-11-24-21)22(27)25-20-7-5-6-16-13-17(23)9-10-18(16)20;;/h3-4,8-13,20H,5-7,23H2,1-2H3,(H,25,27);2*1H. The minimum absolute atomic E-state index is 0. The molecule has 1 atom stereocenters. The highest BCUT2D eigenvalue weighted by molar-refractivity contribution is 5.96. The van der Waals surface area contributed by atoms with Crippen molar-refractivity contribution in [1.82, 2.24) is 14.9 Å². The highest BCUT2D eigenvalue weighted by Crippen LogP contribution is 2.31. The third-order valence-electron chi connectivity index (χ3n) is 5.34. The third-order valence-corrected chi connectivity index (χ3v) is 5.34. The Labute approximate surface area is 183 Å². The largest absolute Gasteiger partial charge is 0.399 e. The van der Waals surface area contributed by atoms with Crippen LogP contribution in [0.4, 0.5) is 5.69 Å². The first-order valence-electron chi connectivity index (χ1n) is 9.34. The molecule has 1 aromatic carbocycles. The molecule has 0 saturated heterocycles. The van der Waals surface area contributed by atoms with Crippen LogP contribution < -0.4 is 11.1 Å². The summed E-state index contributed by atoms with van der Waals surface area (Å²) in [4.78, 5) is 17.5. The summed E-state index contributed by atoms with van der Waals surface area (Å²) in [6, 6.07) is 13.7. The second-order valence-corrected chi connectivity index (χ2v) is 7.18. The number of benzene rings is 1. The normalized spacial score (nSPS) is 14.9. The number of rotatable bonds is 3. The molecule has 0 bridgehead atoms. The summed E-state index contributed by atoms with van der Waals surface area (Å²) >= 11 is 0. The van der Waals surface area contributed by atoms with Crippen LogP contribution in [0, 0.1) is 13.8 Å². The van der Waals surface area contributed by atoms with Crippen molar-refractivity contribution in [2.24, 2.45) is 0 Å². The molecule has 1 aliphatic carbocycles. The van der Waals surface area contributed by atoms with Crippen LogP contribution in [-0.2, 0) is 6.42 Å². The van der Waals surface area contributed by atoms with Gasteiger partial charge in [-0.05, 0) is 74.6 Å². The molecule has 2 heterocycles. The predicted molar refractivity (Wildman–Crippen MR) is 122 cm³/mol. The first-order chi connectivity index (χ1) is 13.0. The molecular formula is C22H26Cl2N4O. The summed E-state index contributed by atoms with van der Waals surface area (Å²) in [7, 11) is 0. The second kappa shape index (κ2) is 9.33. The fraction of sp³-hybridized carbons (Fsp3) is 0.273. The first-order valence-corrected chi connectivity index (χ1v) is 9.34. The molecule has 0 saturated carbocycles. The number of amides is 1. The van der Waals surface area contributed by atoms with E-state index in [1.165, 1.54) is 11.1 Å². The number of carbonyl (C=O) groups excluding carboxylic acids is 1. The summed E-state index contributed by atoms with van der Waals surface area (Å²) in [5.74, 6) is 0.782. The number of nitrogen functional groups attached to an aromatic ring is 1. The van der Waals surface area contributed by atoms with Crippen LogP contribution in [0.25, 0.3) is 5.82 Å². The van der Waals surface area contributed by atoms with Gasteiger partial charge in [-0.25, -0.2) is 4.98 Å². The number of aryl methyl sites for hydroxylation is 2. The molecule has 0 aliphatic heterocycles. The van der Waals surface area contributed by atoms with E-state index in [9.17, 15) is 4.79 Å². The highest BCUT2D eigenvalue weighted by Gasteiger charge is 2.24. The lowest BCUT2D eigenvalue weighted by molar-refractivity contribution is 0.0932. The van der Waals surface area contributed by atoms with E-state index in [1.54, 1.807) is 6.20 Å². The van der Waals surface area contributed by atoms with Gasteiger partial charge in [0.2, 0.25) is 0 Å². The zero-order valence-corrected chi connectivity index (χ0v) is 18.1. The lowest BCUT2D eigenvalue weighted by Gasteiger charge is -2.26. The second-order valence-electron chi connectivity index (χ2n) is 7.18. The van der Waals surface area contributed by atoms with Gasteiger partial charge in [0.1, 0.15) is 5.82 Å². The molecule has 1 unspecified atom stereocenters. The van der Waals surface area contributed by atoms with Crippen LogP contribution in [0.3, 0.4) is 0 Å². The monoisotopic (exact) mass is 432 g/mol. The minimum atomic E-state index is -0.0417. The number of nitrogens with one attached hydrogen (secondary N) is 1. The summed E-state index contributed by atoms with van der Waals surface area (Å²) < 4.78 is 2.02. The lowest BCUT2D eigenvalue weighted by atomic mass is 9.87. The van der Waals surface area contributed by atoms with Crippen molar-refractivity contribution in [1.29, 1.82) is 0 Å². The quantitative estimate of drug-likeness (QED) is 0.587. The Balaban J connectivity index is 0.00000150. The van der Waals surface area contributed by atoms with Crippen LogP contribution in [0.5, 0.6) is 0 Å². The molecule has 2 aromatic heterocycles. The third kappa shape index (κ3) is 4.41. The zero-order valence-electron chi connectivity index (χ0n) is 16.5. The average molecular weight is 433 g/mol. The maximum Gasteiger partial charge on any atom is 0.253 e. The molecule has 0 fully saturated rings. The summed E-state index contributed by atoms with van der Waals surface area (Å²) in [5, 5.41) is 3.23. The van der Waals surface area contributed by atoms with Gasteiger partial charge in [0.25, 0.3) is 5.91 Å². The number of anilines is 1. The van der Waals surface area contributed by atoms with Gasteiger partial charge in [-0.1, -0.05) is 12.1 Å². The number of nitrogens with zero attached hydrogens (tertiary/aromatic N) is 2. The number of pyridine rings is 1. The van der Waals surface area contributed by atoms with E-state index >= 15 is 0 Å². The molecule has 4 rings (SSSR count). The van der Waals surface area contributed by atoms with Gasteiger partial charge in [0, 0.05) is 23.3 Å². The molecule has 0 spiro atoms. The van der Waals surface area contributed by atoms with Crippen LogP contribution in [0.1, 0.15) is 51.8 Å². The maximum atomic E-state index is 13.0. The molecule has 3 N–H and O–H groups in total. The van der Waals surface area contributed by atoms with Crippen LogP contribution in [-0.4, -0.2) is 15.5 Å². The number of hydrogen-bond donors (Lipinski definition) is 2. The van der Waals surface area contributed by atoms with Crippen LogP contribution in [0.15, 0.2) is 48.7 Å². The van der Waals surface area contributed by atoms with Crippen molar-refractivity contribution in [2.75, 3.05) is 5.73 Å². The van der Waals surface area contributed by atoms with Crippen molar-refractivity contribution in [3.63, 3.8) is 0 Å². The summed E-state index contributed by atoms with van der Waals surface area (Å²) in [6.07, 6.45) is 4.77. The van der Waals surface area contributed by atoms with Crippen molar-refractivity contribution >= 4 is 36.4 Å². The SMILES string of the molecule is Cc1cc(C(=O)NC2CCCc3cc(N)ccc32)c(C)n1-c1ccccn1.Cl.Cl. The first kappa shape index (κ1) is 22.8.